The van der Waals surface area contributed by atoms with Gasteiger partial charge in [0.2, 0.25) is 0 Å². The van der Waals surface area contributed by atoms with Crippen molar-refractivity contribution in [2.24, 2.45) is 0 Å². The van der Waals surface area contributed by atoms with E-state index in [9.17, 15) is 13.2 Å². The number of halogens is 3. The molecule has 3 nitrogen and oxygen atoms in total. The van der Waals surface area contributed by atoms with E-state index in [1.807, 2.05) is 4.90 Å². The second-order valence-electron chi connectivity index (χ2n) is 4.89. The molecule has 2 saturated heterocycles. The van der Waals surface area contributed by atoms with Crippen LogP contribution in [-0.2, 0) is 0 Å². The molecule has 0 spiro atoms. The Bertz CT molecular complexity index is 231. The lowest BCUT2D eigenvalue weighted by atomic mass is 10.2. The minimum absolute atomic E-state index is 0.153. The Kier molecular flexibility index (Phi) is 4.27. The van der Waals surface area contributed by atoms with Gasteiger partial charge in [0, 0.05) is 45.3 Å². The average molecular weight is 251 g/mol. The SMILES string of the molecule is FC(F)(F)CCN1CCN(C2CCNC2)CC1. The summed E-state index contributed by atoms with van der Waals surface area (Å²) in [5, 5.41) is 3.32. The summed E-state index contributed by atoms with van der Waals surface area (Å²) in [4.78, 5) is 4.33. The summed E-state index contributed by atoms with van der Waals surface area (Å²) in [6.45, 7) is 5.61. The van der Waals surface area contributed by atoms with Crippen LogP contribution in [0.5, 0.6) is 0 Å². The molecule has 2 fully saturated rings. The minimum Gasteiger partial charge on any atom is -0.315 e. The Morgan fingerprint density at radius 2 is 1.82 bits per heavy atom. The number of hydrogen-bond donors (Lipinski definition) is 1. The van der Waals surface area contributed by atoms with Crippen LogP contribution in [0, 0.1) is 0 Å². The van der Waals surface area contributed by atoms with Crippen molar-refractivity contribution in [3.05, 3.63) is 0 Å². The standard InChI is InChI=1S/C11H20F3N3/c12-11(13,14)2-4-16-5-7-17(8-6-16)10-1-3-15-9-10/h10,15H,1-9H2. The van der Waals surface area contributed by atoms with E-state index >= 15 is 0 Å². The number of nitrogens with zero attached hydrogens (tertiary/aromatic N) is 2. The normalized spacial score (nSPS) is 28.8. The maximum Gasteiger partial charge on any atom is 0.390 e. The van der Waals surface area contributed by atoms with Crippen LogP contribution in [0.1, 0.15) is 12.8 Å². The van der Waals surface area contributed by atoms with Crippen LogP contribution in [-0.4, -0.2) is 67.8 Å². The maximum absolute atomic E-state index is 12.1. The lowest BCUT2D eigenvalue weighted by molar-refractivity contribution is -0.138. The monoisotopic (exact) mass is 251 g/mol. The van der Waals surface area contributed by atoms with Gasteiger partial charge >= 0.3 is 6.18 Å². The molecular weight excluding hydrogens is 231 g/mol. The molecule has 100 valence electrons. The maximum atomic E-state index is 12.1. The second kappa shape index (κ2) is 5.54. The highest BCUT2D eigenvalue weighted by Gasteiger charge is 2.30. The molecule has 2 heterocycles. The topological polar surface area (TPSA) is 18.5 Å². The van der Waals surface area contributed by atoms with Gasteiger partial charge in [0.25, 0.3) is 0 Å². The van der Waals surface area contributed by atoms with Gasteiger partial charge < -0.3 is 10.2 Å². The van der Waals surface area contributed by atoms with E-state index in [1.165, 1.54) is 6.42 Å². The molecule has 0 aromatic heterocycles. The third-order valence-corrected chi connectivity index (χ3v) is 3.67. The first-order valence-electron chi connectivity index (χ1n) is 6.28. The summed E-state index contributed by atoms with van der Waals surface area (Å²) in [6.07, 6.45) is -3.53. The largest absolute Gasteiger partial charge is 0.390 e. The van der Waals surface area contributed by atoms with Gasteiger partial charge in [-0.1, -0.05) is 0 Å². The van der Waals surface area contributed by atoms with Crippen molar-refractivity contribution in [1.82, 2.24) is 15.1 Å². The van der Waals surface area contributed by atoms with E-state index in [0.717, 1.165) is 39.3 Å². The van der Waals surface area contributed by atoms with Crippen LogP contribution in [0.2, 0.25) is 0 Å². The lowest BCUT2D eigenvalue weighted by Crippen LogP contribution is -2.51. The Morgan fingerprint density at radius 1 is 1.12 bits per heavy atom. The highest BCUT2D eigenvalue weighted by Crippen LogP contribution is 2.20. The van der Waals surface area contributed by atoms with Gasteiger partial charge in [0.15, 0.2) is 0 Å². The van der Waals surface area contributed by atoms with Crippen LogP contribution in [0.3, 0.4) is 0 Å². The fourth-order valence-electron chi connectivity index (χ4n) is 2.59. The predicted molar refractivity (Wildman–Crippen MR) is 60.0 cm³/mol. The van der Waals surface area contributed by atoms with Gasteiger partial charge in [0.05, 0.1) is 6.42 Å². The molecule has 2 rings (SSSR count). The third kappa shape index (κ3) is 4.12. The summed E-state index contributed by atoms with van der Waals surface area (Å²) in [7, 11) is 0. The zero-order valence-electron chi connectivity index (χ0n) is 9.97. The summed E-state index contributed by atoms with van der Waals surface area (Å²) >= 11 is 0. The smallest absolute Gasteiger partial charge is 0.315 e. The lowest BCUT2D eigenvalue weighted by Gasteiger charge is -2.37. The van der Waals surface area contributed by atoms with E-state index in [1.54, 1.807) is 0 Å². The van der Waals surface area contributed by atoms with Crippen molar-refractivity contribution >= 4 is 0 Å². The molecule has 0 aromatic carbocycles. The van der Waals surface area contributed by atoms with E-state index < -0.39 is 12.6 Å². The van der Waals surface area contributed by atoms with Crippen LogP contribution in [0.4, 0.5) is 13.2 Å². The van der Waals surface area contributed by atoms with Crippen LogP contribution >= 0.6 is 0 Å². The summed E-state index contributed by atoms with van der Waals surface area (Å²) in [5.74, 6) is 0. The average Bonchev–Trinajstić information content (AvgIpc) is 2.79. The molecule has 0 aliphatic carbocycles. The zero-order chi connectivity index (χ0) is 12.3. The summed E-state index contributed by atoms with van der Waals surface area (Å²) in [6, 6.07) is 0.597. The highest BCUT2D eigenvalue weighted by atomic mass is 19.4. The van der Waals surface area contributed by atoms with Gasteiger partial charge in [0.1, 0.15) is 0 Å². The fraction of sp³-hybridized carbons (Fsp3) is 1.00. The fourth-order valence-corrected chi connectivity index (χ4v) is 2.59. The Hall–Kier alpha value is -0.330. The molecular formula is C11H20F3N3. The molecule has 0 aromatic rings. The molecule has 0 amide bonds. The second-order valence-corrected chi connectivity index (χ2v) is 4.89. The number of piperazine rings is 1. The first-order valence-corrected chi connectivity index (χ1v) is 6.28. The molecule has 1 unspecified atom stereocenters. The Morgan fingerprint density at radius 3 is 2.35 bits per heavy atom. The summed E-state index contributed by atoms with van der Waals surface area (Å²) in [5.41, 5.74) is 0. The van der Waals surface area contributed by atoms with Gasteiger partial charge in [-0.15, -0.1) is 0 Å². The summed E-state index contributed by atoms with van der Waals surface area (Å²) < 4.78 is 36.3. The van der Waals surface area contributed by atoms with E-state index in [2.05, 4.69) is 10.2 Å². The Balaban J connectivity index is 1.67. The van der Waals surface area contributed by atoms with Crippen LogP contribution < -0.4 is 5.32 Å². The molecule has 0 radical (unpaired) electrons. The van der Waals surface area contributed by atoms with Crippen LogP contribution in [0.15, 0.2) is 0 Å². The molecule has 1 atom stereocenters. The van der Waals surface area contributed by atoms with Crippen molar-refractivity contribution in [1.29, 1.82) is 0 Å². The first kappa shape index (κ1) is 13.1. The quantitative estimate of drug-likeness (QED) is 0.804. The van der Waals surface area contributed by atoms with E-state index in [0.29, 0.717) is 6.04 Å². The van der Waals surface area contributed by atoms with Gasteiger partial charge in [-0.2, -0.15) is 13.2 Å². The van der Waals surface area contributed by atoms with Crippen molar-refractivity contribution in [3.8, 4) is 0 Å². The predicted octanol–water partition coefficient (Wildman–Crippen LogP) is 0.918. The van der Waals surface area contributed by atoms with Crippen LogP contribution in [0.25, 0.3) is 0 Å². The minimum atomic E-state index is -4.02. The number of nitrogens with one attached hydrogen (secondary N) is 1. The molecule has 2 aliphatic heterocycles. The van der Waals surface area contributed by atoms with E-state index in [-0.39, 0.29) is 6.54 Å². The van der Waals surface area contributed by atoms with Crippen molar-refractivity contribution in [2.45, 2.75) is 25.1 Å². The Labute approximate surface area is 99.9 Å². The molecule has 17 heavy (non-hydrogen) atoms. The number of rotatable bonds is 3. The molecule has 6 heteroatoms. The molecule has 1 N–H and O–H groups in total. The molecule has 0 saturated carbocycles. The highest BCUT2D eigenvalue weighted by molar-refractivity contribution is 4.84. The first-order chi connectivity index (χ1) is 8.04. The van der Waals surface area contributed by atoms with Gasteiger partial charge in [-0.25, -0.2) is 0 Å². The van der Waals surface area contributed by atoms with Crippen molar-refractivity contribution in [3.63, 3.8) is 0 Å². The van der Waals surface area contributed by atoms with E-state index in [4.69, 9.17) is 0 Å². The third-order valence-electron chi connectivity index (χ3n) is 3.67. The number of hydrogen-bond acceptors (Lipinski definition) is 3. The zero-order valence-corrected chi connectivity index (χ0v) is 9.97. The molecule has 0 bridgehead atoms. The van der Waals surface area contributed by atoms with Gasteiger partial charge in [-0.05, 0) is 13.0 Å². The van der Waals surface area contributed by atoms with Gasteiger partial charge in [-0.3, -0.25) is 4.90 Å². The molecule has 2 aliphatic rings. The number of alkyl halides is 3. The van der Waals surface area contributed by atoms with Crippen molar-refractivity contribution in [2.75, 3.05) is 45.8 Å². The van der Waals surface area contributed by atoms with Crippen molar-refractivity contribution < 1.29 is 13.2 Å².